The maximum absolute atomic E-state index is 15.3. The number of hydrogen-bond donors (Lipinski definition) is 2. The number of carboxylic acid groups (broad SMARTS) is 1. The summed E-state index contributed by atoms with van der Waals surface area (Å²) in [6.45, 7) is 2.97. The first kappa shape index (κ1) is 21.4. The summed E-state index contributed by atoms with van der Waals surface area (Å²) in [5.41, 5.74) is 0.226. The molecule has 1 aromatic heterocycles. The van der Waals surface area contributed by atoms with Crippen LogP contribution in [0.15, 0.2) is 46.2 Å². The van der Waals surface area contributed by atoms with Crippen LogP contribution in [-0.2, 0) is 0 Å². The van der Waals surface area contributed by atoms with Crippen molar-refractivity contribution in [3.05, 3.63) is 58.1 Å². The number of pyridine rings is 1. The number of carbonyl (C=O) groups is 1. The Balaban J connectivity index is 1.90. The van der Waals surface area contributed by atoms with Crippen LogP contribution in [0.4, 0.5) is 4.39 Å². The van der Waals surface area contributed by atoms with Gasteiger partial charge in [-0.05, 0) is 55.0 Å². The fourth-order valence-electron chi connectivity index (χ4n) is 3.64. The normalized spacial score (nSPS) is 13.5. The van der Waals surface area contributed by atoms with Crippen LogP contribution in [0.2, 0.25) is 0 Å². The lowest BCUT2D eigenvalue weighted by molar-refractivity contribution is 0.0695. The van der Waals surface area contributed by atoms with E-state index in [-0.39, 0.29) is 28.3 Å². The SMILES string of the molecule is CCCNSc1ccc(-c2c(F)cc3c(=O)c(C(=O)O)cn(C4CC4)c3c2OC)cc1. The zero-order chi connectivity index (χ0) is 22.1. The van der Waals surface area contributed by atoms with Gasteiger partial charge in [-0.2, -0.15) is 0 Å². The molecular weight excluding hydrogens is 419 g/mol. The molecule has 0 bridgehead atoms. The zero-order valence-electron chi connectivity index (χ0n) is 17.3. The molecule has 0 spiro atoms. The molecular formula is C23H23FN2O4S. The summed E-state index contributed by atoms with van der Waals surface area (Å²) in [6.07, 6.45) is 4.11. The lowest BCUT2D eigenvalue weighted by Crippen LogP contribution is -2.19. The smallest absolute Gasteiger partial charge is 0.341 e. The number of aromatic carboxylic acids is 1. The Morgan fingerprint density at radius 1 is 1.32 bits per heavy atom. The van der Waals surface area contributed by atoms with Crippen molar-refractivity contribution >= 4 is 28.8 Å². The number of fused-ring (bicyclic) bond motifs is 1. The predicted octanol–water partition coefficient (Wildman–Crippen LogP) is 4.86. The minimum absolute atomic E-state index is 0.0147. The van der Waals surface area contributed by atoms with Gasteiger partial charge < -0.3 is 14.4 Å². The summed E-state index contributed by atoms with van der Waals surface area (Å²) in [4.78, 5) is 25.3. The van der Waals surface area contributed by atoms with E-state index in [4.69, 9.17) is 4.74 Å². The maximum atomic E-state index is 15.3. The lowest BCUT2D eigenvalue weighted by atomic mass is 10.00. The van der Waals surface area contributed by atoms with Crippen LogP contribution in [-0.4, -0.2) is 29.3 Å². The highest BCUT2D eigenvalue weighted by molar-refractivity contribution is 7.97. The van der Waals surface area contributed by atoms with E-state index in [2.05, 4.69) is 11.6 Å². The minimum Gasteiger partial charge on any atom is -0.494 e. The van der Waals surface area contributed by atoms with Gasteiger partial charge >= 0.3 is 5.97 Å². The Morgan fingerprint density at radius 3 is 2.61 bits per heavy atom. The fraction of sp³-hybridized carbons (Fsp3) is 0.304. The highest BCUT2D eigenvalue weighted by Gasteiger charge is 2.30. The van der Waals surface area contributed by atoms with Gasteiger partial charge in [0.05, 0.1) is 23.6 Å². The van der Waals surface area contributed by atoms with Crippen molar-refractivity contribution in [2.24, 2.45) is 0 Å². The van der Waals surface area contributed by atoms with E-state index < -0.39 is 17.2 Å². The number of rotatable bonds is 8. The Labute approximate surface area is 183 Å². The van der Waals surface area contributed by atoms with Crippen LogP contribution in [0.3, 0.4) is 0 Å². The molecule has 3 aromatic rings. The van der Waals surface area contributed by atoms with Crippen LogP contribution < -0.4 is 14.9 Å². The van der Waals surface area contributed by atoms with E-state index in [0.717, 1.165) is 36.8 Å². The first-order valence-electron chi connectivity index (χ1n) is 10.1. The molecule has 0 radical (unpaired) electrons. The Hall–Kier alpha value is -2.84. The van der Waals surface area contributed by atoms with E-state index in [1.54, 1.807) is 4.57 Å². The Morgan fingerprint density at radius 2 is 2.03 bits per heavy atom. The second-order valence-electron chi connectivity index (χ2n) is 7.50. The quantitative estimate of drug-likeness (QED) is 0.383. The average Bonchev–Trinajstić information content (AvgIpc) is 3.59. The van der Waals surface area contributed by atoms with E-state index in [9.17, 15) is 14.7 Å². The fourth-order valence-corrected chi connectivity index (χ4v) is 4.39. The predicted molar refractivity (Wildman–Crippen MR) is 120 cm³/mol. The van der Waals surface area contributed by atoms with E-state index in [1.165, 1.54) is 25.3 Å². The molecule has 162 valence electrons. The van der Waals surface area contributed by atoms with Crippen LogP contribution in [0.1, 0.15) is 42.6 Å². The molecule has 1 fully saturated rings. The third kappa shape index (κ3) is 4.05. The summed E-state index contributed by atoms with van der Waals surface area (Å²) >= 11 is 1.51. The standard InChI is InChI=1S/C23H23FN2O4S/c1-3-10-25-31-15-8-4-13(5-9-15)19-18(24)11-16-20(22(19)30-2)26(14-6-7-14)12-17(21(16)27)23(28)29/h4-5,8-9,11-12,14,25H,3,6-7,10H2,1-2H3,(H,28,29). The minimum atomic E-state index is -1.32. The van der Waals surface area contributed by atoms with Crippen LogP contribution >= 0.6 is 11.9 Å². The average molecular weight is 443 g/mol. The van der Waals surface area contributed by atoms with Gasteiger partial charge in [0, 0.05) is 23.7 Å². The largest absolute Gasteiger partial charge is 0.494 e. The van der Waals surface area contributed by atoms with Crippen molar-refractivity contribution in [2.75, 3.05) is 13.7 Å². The van der Waals surface area contributed by atoms with Gasteiger partial charge in [0.1, 0.15) is 11.4 Å². The highest BCUT2D eigenvalue weighted by atomic mass is 32.2. The topological polar surface area (TPSA) is 80.6 Å². The van der Waals surface area contributed by atoms with E-state index in [1.807, 2.05) is 24.3 Å². The van der Waals surface area contributed by atoms with Crippen LogP contribution in [0, 0.1) is 5.82 Å². The molecule has 0 atom stereocenters. The van der Waals surface area contributed by atoms with Gasteiger partial charge in [0.15, 0.2) is 5.75 Å². The second kappa shape index (κ2) is 8.72. The molecule has 6 nitrogen and oxygen atoms in total. The van der Waals surface area contributed by atoms with E-state index in [0.29, 0.717) is 11.1 Å². The van der Waals surface area contributed by atoms with Crippen molar-refractivity contribution in [1.82, 2.24) is 9.29 Å². The first-order chi connectivity index (χ1) is 15.0. The van der Waals surface area contributed by atoms with Gasteiger partial charge in [-0.15, -0.1) is 0 Å². The molecule has 0 amide bonds. The van der Waals surface area contributed by atoms with Crippen LogP contribution in [0.25, 0.3) is 22.0 Å². The summed E-state index contributed by atoms with van der Waals surface area (Å²) < 4.78 is 25.9. The number of ether oxygens (including phenoxy) is 1. The number of nitrogens with zero attached hydrogens (tertiary/aromatic N) is 1. The first-order valence-corrected chi connectivity index (χ1v) is 11.0. The van der Waals surface area contributed by atoms with Gasteiger partial charge in [-0.3, -0.25) is 9.52 Å². The zero-order valence-corrected chi connectivity index (χ0v) is 18.1. The number of halogens is 1. The van der Waals surface area contributed by atoms with Crippen LogP contribution in [0.5, 0.6) is 5.75 Å². The van der Waals surface area contributed by atoms with Crippen molar-refractivity contribution in [1.29, 1.82) is 0 Å². The van der Waals surface area contributed by atoms with Crippen molar-refractivity contribution in [2.45, 2.75) is 37.1 Å². The van der Waals surface area contributed by atoms with Gasteiger partial charge in [-0.1, -0.05) is 19.1 Å². The molecule has 1 saturated carbocycles. The third-order valence-corrected chi connectivity index (χ3v) is 6.14. The molecule has 8 heteroatoms. The number of hydrogen-bond acceptors (Lipinski definition) is 5. The molecule has 0 aliphatic heterocycles. The summed E-state index contributed by atoms with van der Waals surface area (Å²) in [5, 5.41) is 9.45. The number of methoxy groups -OCH3 is 1. The number of aromatic nitrogens is 1. The molecule has 0 unspecified atom stereocenters. The number of benzene rings is 2. The number of nitrogens with one attached hydrogen (secondary N) is 1. The maximum Gasteiger partial charge on any atom is 0.341 e. The Kier molecular flexibility index (Phi) is 6.02. The Bertz CT molecular complexity index is 1200. The lowest BCUT2D eigenvalue weighted by Gasteiger charge is -2.18. The summed E-state index contributed by atoms with van der Waals surface area (Å²) in [7, 11) is 1.43. The summed E-state index contributed by atoms with van der Waals surface area (Å²) in [5.74, 6) is -1.72. The molecule has 0 saturated heterocycles. The summed E-state index contributed by atoms with van der Waals surface area (Å²) in [6, 6.07) is 8.62. The number of carboxylic acids is 1. The molecule has 31 heavy (non-hydrogen) atoms. The highest BCUT2D eigenvalue weighted by Crippen LogP contribution is 2.43. The molecule has 4 rings (SSSR count). The molecule has 2 N–H and O–H groups in total. The molecule has 1 aliphatic carbocycles. The van der Waals surface area contributed by atoms with Gasteiger partial charge in [-0.25, -0.2) is 9.18 Å². The second-order valence-corrected chi connectivity index (χ2v) is 8.46. The van der Waals surface area contributed by atoms with Crippen molar-refractivity contribution in [3.8, 4) is 16.9 Å². The molecule has 2 aromatic carbocycles. The molecule has 1 aliphatic rings. The van der Waals surface area contributed by atoms with E-state index >= 15 is 4.39 Å². The van der Waals surface area contributed by atoms with Gasteiger partial charge in [0.2, 0.25) is 5.43 Å². The third-order valence-electron chi connectivity index (χ3n) is 5.28. The van der Waals surface area contributed by atoms with Crippen molar-refractivity contribution < 1.29 is 19.0 Å². The molecule has 1 heterocycles. The van der Waals surface area contributed by atoms with Gasteiger partial charge in [0.25, 0.3) is 0 Å². The monoisotopic (exact) mass is 442 g/mol. The van der Waals surface area contributed by atoms with Crippen molar-refractivity contribution in [3.63, 3.8) is 0 Å².